The fraction of sp³-hybridized carbons (Fsp3) is 0.538. The molecule has 2 rings (SSSR count). The summed E-state index contributed by atoms with van der Waals surface area (Å²) in [6.07, 6.45) is -0.500. The number of methoxy groups -OCH3 is 2. The standard InChI is InChI=1S/C13H20N2O4S/c1-18-11-8-15(9-12(11)19-2)20(16,17)13-6-4-3-5-10(13)7-14/h3-6,11-12H,7-9,14H2,1-2H3. The highest BCUT2D eigenvalue weighted by Gasteiger charge is 2.40. The SMILES string of the molecule is COC1CN(S(=O)(=O)c2ccccc2CN)CC1OC. The number of hydrogen-bond donors (Lipinski definition) is 1. The Morgan fingerprint density at radius 2 is 1.75 bits per heavy atom. The lowest BCUT2D eigenvalue weighted by atomic mass is 10.2. The van der Waals surface area contributed by atoms with Crippen LogP contribution in [-0.2, 0) is 26.0 Å². The van der Waals surface area contributed by atoms with Crippen LogP contribution in [0.1, 0.15) is 5.56 Å². The van der Waals surface area contributed by atoms with Crippen molar-refractivity contribution in [2.24, 2.45) is 5.73 Å². The number of sulfonamides is 1. The smallest absolute Gasteiger partial charge is 0.243 e. The molecule has 1 aliphatic rings. The molecule has 112 valence electrons. The third-order valence-corrected chi connectivity index (χ3v) is 5.53. The molecule has 0 aliphatic carbocycles. The van der Waals surface area contributed by atoms with Gasteiger partial charge in [-0.2, -0.15) is 4.31 Å². The van der Waals surface area contributed by atoms with E-state index in [-0.39, 0.29) is 36.7 Å². The Hall–Kier alpha value is -0.990. The molecule has 20 heavy (non-hydrogen) atoms. The van der Waals surface area contributed by atoms with Crippen molar-refractivity contribution in [2.75, 3.05) is 27.3 Å². The summed E-state index contributed by atoms with van der Waals surface area (Å²) in [5.74, 6) is 0. The van der Waals surface area contributed by atoms with Crippen molar-refractivity contribution in [3.63, 3.8) is 0 Å². The van der Waals surface area contributed by atoms with Crippen molar-refractivity contribution in [3.8, 4) is 0 Å². The summed E-state index contributed by atoms with van der Waals surface area (Å²) in [6.45, 7) is 0.761. The number of rotatable bonds is 5. The number of nitrogens with zero attached hydrogens (tertiary/aromatic N) is 1. The zero-order valence-electron chi connectivity index (χ0n) is 11.7. The Bertz CT molecular complexity index is 549. The highest BCUT2D eigenvalue weighted by atomic mass is 32.2. The first-order valence-electron chi connectivity index (χ1n) is 6.38. The Kier molecular flexibility index (Phi) is 4.77. The zero-order chi connectivity index (χ0) is 14.8. The van der Waals surface area contributed by atoms with E-state index in [4.69, 9.17) is 15.2 Å². The Morgan fingerprint density at radius 1 is 1.20 bits per heavy atom. The molecule has 1 aromatic carbocycles. The molecule has 2 N–H and O–H groups in total. The number of hydrogen-bond acceptors (Lipinski definition) is 5. The normalized spacial score (nSPS) is 24.1. The Labute approximate surface area is 119 Å². The van der Waals surface area contributed by atoms with Crippen molar-refractivity contribution in [1.82, 2.24) is 4.31 Å². The molecule has 1 fully saturated rings. The molecule has 0 spiro atoms. The van der Waals surface area contributed by atoms with Crippen LogP contribution in [0.2, 0.25) is 0 Å². The molecule has 1 aromatic rings. The maximum Gasteiger partial charge on any atom is 0.243 e. The minimum Gasteiger partial charge on any atom is -0.377 e. The predicted octanol–water partition coefficient (Wildman–Crippen LogP) is 0.180. The minimum absolute atomic E-state index is 0.185. The van der Waals surface area contributed by atoms with Crippen molar-refractivity contribution in [1.29, 1.82) is 0 Å². The molecule has 0 radical (unpaired) electrons. The van der Waals surface area contributed by atoms with Gasteiger partial charge in [0.2, 0.25) is 10.0 Å². The second-order valence-corrected chi connectivity index (χ2v) is 6.59. The van der Waals surface area contributed by atoms with Gasteiger partial charge in [-0.25, -0.2) is 8.42 Å². The van der Waals surface area contributed by atoms with Crippen LogP contribution >= 0.6 is 0 Å². The van der Waals surface area contributed by atoms with E-state index in [0.29, 0.717) is 5.56 Å². The molecular weight excluding hydrogens is 280 g/mol. The lowest BCUT2D eigenvalue weighted by molar-refractivity contribution is -0.00461. The molecule has 0 amide bonds. The van der Waals surface area contributed by atoms with Gasteiger partial charge in [0.1, 0.15) is 0 Å². The molecular formula is C13H20N2O4S. The lowest BCUT2D eigenvalue weighted by Gasteiger charge is -2.18. The highest BCUT2D eigenvalue weighted by Crippen LogP contribution is 2.25. The summed E-state index contributed by atoms with van der Waals surface area (Å²) in [4.78, 5) is 0.258. The van der Waals surface area contributed by atoms with Gasteiger partial charge in [0.15, 0.2) is 0 Å². The molecule has 7 heteroatoms. The molecule has 0 saturated carbocycles. The van der Waals surface area contributed by atoms with Crippen LogP contribution in [0.5, 0.6) is 0 Å². The van der Waals surface area contributed by atoms with Crippen molar-refractivity contribution >= 4 is 10.0 Å². The lowest BCUT2D eigenvalue weighted by Crippen LogP contribution is -2.31. The molecule has 2 atom stereocenters. The summed E-state index contributed by atoms with van der Waals surface area (Å²) in [5.41, 5.74) is 6.23. The summed E-state index contributed by atoms with van der Waals surface area (Å²) in [5, 5.41) is 0. The first-order chi connectivity index (χ1) is 9.54. The van der Waals surface area contributed by atoms with E-state index in [1.165, 1.54) is 4.31 Å². The van der Waals surface area contributed by atoms with E-state index >= 15 is 0 Å². The van der Waals surface area contributed by atoms with E-state index in [1.54, 1.807) is 38.5 Å². The van der Waals surface area contributed by atoms with Gasteiger partial charge >= 0.3 is 0 Å². The Morgan fingerprint density at radius 3 is 2.25 bits per heavy atom. The first kappa shape index (κ1) is 15.4. The van der Waals surface area contributed by atoms with Gasteiger partial charge < -0.3 is 15.2 Å². The van der Waals surface area contributed by atoms with E-state index in [0.717, 1.165) is 0 Å². The van der Waals surface area contributed by atoms with Gasteiger partial charge in [0, 0.05) is 33.9 Å². The van der Waals surface area contributed by atoms with Crippen LogP contribution in [-0.4, -0.2) is 52.2 Å². The molecule has 1 saturated heterocycles. The predicted molar refractivity (Wildman–Crippen MR) is 74.7 cm³/mol. The average molecular weight is 300 g/mol. The van der Waals surface area contributed by atoms with Crippen LogP contribution in [0.25, 0.3) is 0 Å². The van der Waals surface area contributed by atoms with Gasteiger partial charge in [-0.05, 0) is 11.6 Å². The van der Waals surface area contributed by atoms with Gasteiger partial charge in [0.25, 0.3) is 0 Å². The van der Waals surface area contributed by atoms with Crippen LogP contribution in [0.4, 0.5) is 0 Å². The molecule has 2 unspecified atom stereocenters. The molecule has 1 aliphatic heterocycles. The third kappa shape index (κ3) is 2.72. The van der Waals surface area contributed by atoms with Gasteiger partial charge in [0.05, 0.1) is 17.1 Å². The number of benzene rings is 1. The maximum absolute atomic E-state index is 12.7. The van der Waals surface area contributed by atoms with Crippen molar-refractivity contribution < 1.29 is 17.9 Å². The second kappa shape index (κ2) is 6.19. The molecule has 0 bridgehead atoms. The minimum atomic E-state index is -3.57. The largest absolute Gasteiger partial charge is 0.377 e. The van der Waals surface area contributed by atoms with Gasteiger partial charge in [-0.1, -0.05) is 18.2 Å². The second-order valence-electron chi connectivity index (χ2n) is 4.68. The van der Waals surface area contributed by atoms with Gasteiger partial charge in [-0.3, -0.25) is 0 Å². The summed E-state index contributed by atoms with van der Waals surface area (Å²) >= 11 is 0. The summed E-state index contributed by atoms with van der Waals surface area (Å²) in [7, 11) is -0.462. The topological polar surface area (TPSA) is 81.9 Å². The van der Waals surface area contributed by atoms with Crippen LogP contribution in [0.3, 0.4) is 0 Å². The van der Waals surface area contributed by atoms with Crippen LogP contribution in [0.15, 0.2) is 29.2 Å². The van der Waals surface area contributed by atoms with Crippen molar-refractivity contribution in [3.05, 3.63) is 29.8 Å². The van der Waals surface area contributed by atoms with E-state index in [9.17, 15) is 8.42 Å². The molecule has 6 nitrogen and oxygen atoms in total. The van der Waals surface area contributed by atoms with Crippen LogP contribution in [0, 0.1) is 0 Å². The highest BCUT2D eigenvalue weighted by molar-refractivity contribution is 7.89. The molecule has 0 aromatic heterocycles. The first-order valence-corrected chi connectivity index (χ1v) is 7.82. The van der Waals surface area contributed by atoms with Crippen LogP contribution < -0.4 is 5.73 Å². The number of nitrogens with two attached hydrogens (primary N) is 1. The maximum atomic E-state index is 12.7. The van der Waals surface area contributed by atoms with E-state index < -0.39 is 10.0 Å². The van der Waals surface area contributed by atoms with E-state index in [1.807, 2.05) is 0 Å². The summed E-state index contributed by atoms with van der Waals surface area (Å²) < 4.78 is 37.3. The number of ether oxygens (including phenoxy) is 2. The Balaban J connectivity index is 2.32. The van der Waals surface area contributed by atoms with E-state index in [2.05, 4.69) is 0 Å². The van der Waals surface area contributed by atoms with Crippen molar-refractivity contribution in [2.45, 2.75) is 23.6 Å². The fourth-order valence-electron chi connectivity index (χ4n) is 2.42. The zero-order valence-corrected chi connectivity index (χ0v) is 12.5. The van der Waals surface area contributed by atoms with Gasteiger partial charge in [-0.15, -0.1) is 0 Å². The fourth-order valence-corrected chi connectivity index (χ4v) is 4.12. The average Bonchev–Trinajstić information content (AvgIpc) is 2.91. The summed E-state index contributed by atoms with van der Waals surface area (Å²) in [6, 6.07) is 6.79. The monoisotopic (exact) mass is 300 g/mol. The molecule has 1 heterocycles. The quantitative estimate of drug-likeness (QED) is 0.839. The third-order valence-electron chi connectivity index (χ3n) is 3.60.